The first kappa shape index (κ1) is 12.2. The molecule has 1 aromatic rings. The van der Waals surface area contributed by atoms with E-state index in [9.17, 15) is 4.21 Å². The topological polar surface area (TPSA) is 52.3 Å². The van der Waals surface area contributed by atoms with E-state index < -0.39 is 10.8 Å². The largest absolute Gasteiger partial charge is 0.496 e. The van der Waals surface area contributed by atoms with Crippen molar-refractivity contribution < 1.29 is 8.95 Å². The Morgan fingerprint density at radius 3 is 2.80 bits per heavy atom. The molecule has 0 bridgehead atoms. The molecule has 0 saturated heterocycles. The molecule has 3 nitrogen and oxygen atoms in total. The van der Waals surface area contributed by atoms with E-state index in [1.165, 1.54) is 0 Å². The van der Waals surface area contributed by atoms with Gasteiger partial charge < -0.3 is 10.5 Å². The van der Waals surface area contributed by atoms with E-state index in [4.69, 9.17) is 10.5 Å². The van der Waals surface area contributed by atoms with Gasteiger partial charge in [-0.3, -0.25) is 4.21 Å². The second-order valence-corrected chi connectivity index (χ2v) is 4.97. The Morgan fingerprint density at radius 2 is 2.20 bits per heavy atom. The maximum Gasteiger partial charge on any atom is 0.123 e. The number of methoxy groups -OCH3 is 1. The monoisotopic (exact) mass is 227 g/mol. The maximum absolute atomic E-state index is 11.6. The molecule has 0 amide bonds. The van der Waals surface area contributed by atoms with Gasteiger partial charge in [0.2, 0.25) is 0 Å². The number of nitrogens with two attached hydrogens (primary N) is 1. The Hall–Kier alpha value is -0.870. The average molecular weight is 227 g/mol. The molecule has 2 N–H and O–H groups in total. The van der Waals surface area contributed by atoms with Crippen molar-refractivity contribution in [2.45, 2.75) is 12.7 Å². The molecular formula is C11H17NO2S. The summed E-state index contributed by atoms with van der Waals surface area (Å²) in [4.78, 5) is 0. The first-order valence-corrected chi connectivity index (χ1v) is 6.34. The fourth-order valence-electron chi connectivity index (χ4n) is 1.40. The standard InChI is InChI=1S/C11H17NO2S/c1-9-3-4-11(14-2)10(7-9)8-15(13)6-5-12/h3-4,7H,5-6,8,12H2,1-2H3. The minimum absolute atomic E-state index is 0.459. The van der Waals surface area contributed by atoms with E-state index in [0.29, 0.717) is 18.1 Å². The molecule has 4 heteroatoms. The molecule has 1 rings (SSSR count). The lowest BCUT2D eigenvalue weighted by Gasteiger charge is -2.08. The number of hydrogen-bond acceptors (Lipinski definition) is 3. The third-order valence-electron chi connectivity index (χ3n) is 2.10. The molecule has 0 aliphatic carbocycles. The molecule has 1 atom stereocenters. The van der Waals surface area contributed by atoms with Crippen molar-refractivity contribution in [3.05, 3.63) is 29.3 Å². The molecule has 0 aliphatic heterocycles. The van der Waals surface area contributed by atoms with Crippen molar-refractivity contribution in [2.75, 3.05) is 19.4 Å². The number of hydrogen-bond donors (Lipinski definition) is 1. The summed E-state index contributed by atoms with van der Waals surface area (Å²) in [5, 5.41) is 0. The van der Waals surface area contributed by atoms with E-state index in [0.717, 1.165) is 16.9 Å². The Kier molecular flexibility index (Phi) is 4.78. The zero-order valence-corrected chi connectivity index (χ0v) is 9.97. The maximum atomic E-state index is 11.6. The molecule has 84 valence electrons. The van der Waals surface area contributed by atoms with Crippen molar-refractivity contribution in [3.8, 4) is 5.75 Å². The summed E-state index contributed by atoms with van der Waals surface area (Å²) in [6.07, 6.45) is 0. The first-order chi connectivity index (χ1) is 7.17. The Bertz CT molecular complexity index is 352. The Labute approximate surface area is 93.1 Å². The average Bonchev–Trinajstić information content (AvgIpc) is 2.18. The van der Waals surface area contributed by atoms with E-state index in [2.05, 4.69) is 0 Å². The van der Waals surface area contributed by atoms with E-state index in [1.54, 1.807) is 7.11 Å². The molecule has 1 aromatic carbocycles. The summed E-state index contributed by atoms with van der Waals surface area (Å²) in [6, 6.07) is 5.89. The van der Waals surface area contributed by atoms with Crippen molar-refractivity contribution in [2.24, 2.45) is 5.73 Å². The fourth-order valence-corrected chi connectivity index (χ4v) is 2.38. The van der Waals surface area contributed by atoms with Gasteiger partial charge in [0.25, 0.3) is 0 Å². The van der Waals surface area contributed by atoms with Crippen LogP contribution in [0.1, 0.15) is 11.1 Å². The van der Waals surface area contributed by atoms with Gasteiger partial charge in [0.1, 0.15) is 5.75 Å². The molecule has 0 fully saturated rings. The summed E-state index contributed by atoms with van der Waals surface area (Å²) in [7, 11) is 0.729. The molecule has 0 aliphatic rings. The van der Waals surface area contributed by atoms with Crippen LogP contribution < -0.4 is 10.5 Å². The second-order valence-electron chi connectivity index (χ2n) is 3.39. The smallest absolute Gasteiger partial charge is 0.123 e. The van der Waals surface area contributed by atoms with Crippen LogP contribution in [-0.4, -0.2) is 23.6 Å². The van der Waals surface area contributed by atoms with Crippen molar-refractivity contribution in [3.63, 3.8) is 0 Å². The zero-order valence-electron chi connectivity index (χ0n) is 9.16. The Balaban J connectivity index is 2.82. The van der Waals surface area contributed by atoms with E-state index in [-0.39, 0.29) is 0 Å². The third kappa shape index (κ3) is 3.64. The molecule has 0 radical (unpaired) electrons. The minimum Gasteiger partial charge on any atom is -0.496 e. The lowest BCUT2D eigenvalue weighted by atomic mass is 10.1. The summed E-state index contributed by atoms with van der Waals surface area (Å²) in [6.45, 7) is 2.47. The molecule has 0 spiro atoms. The van der Waals surface area contributed by atoms with Crippen LogP contribution in [0, 0.1) is 6.92 Å². The number of rotatable bonds is 5. The van der Waals surface area contributed by atoms with Crippen LogP contribution in [0.2, 0.25) is 0 Å². The van der Waals surface area contributed by atoms with Gasteiger partial charge in [0.05, 0.1) is 12.9 Å². The lowest BCUT2D eigenvalue weighted by Crippen LogP contribution is -2.12. The summed E-state index contributed by atoms with van der Waals surface area (Å²) in [5.74, 6) is 1.85. The lowest BCUT2D eigenvalue weighted by molar-refractivity contribution is 0.411. The second kappa shape index (κ2) is 5.88. The fraction of sp³-hybridized carbons (Fsp3) is 0.455. The highest BCUT2D eigenvalue weighted by Crippen LogP contribution is 2.21. The van der Waals surface area contributed by atoms with Crippen LogP contribution in [0.4, 0.5) is 0 Å². The zero-order chi connectivity index (χ0) is 11.3. The number of aryl methyl sites for hydroxylation is 1. The number of benzene rings is 1. The summed E-state index contributed by atoms with van der Waals surface area (Å²) in [5.41, 5.74) is 7.50. The summed E-state index contributed by atoms with van der Waals surface area (Å²) < 4.78 is 16.8. The summed E-state index contributed by atoms with van der Waals surface area (Å²) >= 11 is 0. The van der Waals surface area contributed by atoms with Gasteiger partial charge in [-0.1, -0.05) is 17.7 Å². The van der Waals surface area contributed by atoms with Gasteiger partial charge in [-0.2, -0.15) is 0 Å². The molecule has 0 saturated carbocycles. The predicted molar refractivity (Wildman–Crippen MR) is 63.5 cm³/mol. The third-order valence-corrected chi connectivity index (χ3v) is 3.42. The van der Waals surface area contributed by atoms with Crippen LogP contribution in [0.3, 0.4) is 0 Å². The van der Waals surface area contributed by atoms with Gasteiger partial charge in [-0.05, 0) is 13.0 Å². The SMILES string of the molecule is COc1ccc(C)cc1CS(=O)CCN. The van der Waals surface area contributed by atoms with E-state index >= 15 is 0 Å². The van der Waals surface area contributed by atoms with Gasteiger partial charge >= 0.3 is 0 Å². The van der Waals surface area contributed by atoms with Gasteiger partial charge in [0, 0.05) is 28.7 Å². The predicted octanol–water partition coefficient (Wildman–Crippen LogP) is 1.21. The van der Waals surface area contributed by atoms with Gasteiger partial charge in [-0.15, -0.1) is 0 Å². The molecule has 15 heavy (non-hydrogen) atoms. The number of ether oxygens (including phenoxy) is 1. The van der Waals surface area contributed by atoms with Crippen LogP contribution in [0.5, 0.6) is 5.75 Å². The molecule has 1 unspecified atom stereocenters. The first-order valence-electron chi connectivity index (χ1n) is 4.86. The van der Waals surface area contributed by atoms with Crippen molar-refractivity contribution >= 4 is 10.8 Å². The molecule has 0 heterocycles. The van der Waals surface area contributed by atoms with Crippen molar-refractivity contribution in [1.82, 2.24) is 0 Å². The molecular weight excluding hydrogens is 210 g/mol. The van der Waals surface area contributed by atoms with E-state index in [1.807, 2.05) is 25.1 Å². The normalized spacial score (nSPS) is 12.5. The quantitative estimate of drug-likeness (QED) is 0.822. The van der Waals surface area contributed by atoms with Gasteiger partial charge in [0.15, 0.2) is 0 Å². The highest BCUT2D eigenvalue weighted by atomic mass is 32.2. The minimum atomic E-state index is -0.896. The van der Waals surface area contributed by atoms with Gasteiger partial charge in [-0.25, -0.2) is 0 Å². The Morgan fingerprint density at radius 1 is 1.47 bits per heavy atom. The molecule has 0 aromatic heterocycles. The van der Waals surface area contributed by atoms with Crippen molar-refractivity contribution in [1.29, 1.82) is 0 Å². The van der Waals surface area contributed by atoms with Crippen LogP contribution in [-0.2, 0) is 16.6 Å². The van der Waals surface area contributed by atoms with Crippen LogP contribution in [0.25, 0.3) is 0 Å². The highest BCUT2D eigenvalue weighted by molar-refractivity contribution is 7.84. The highest BCUT2D eigenvalue weighted by Gasteiger charge is 2.07. The van der Waals surface area contributed by atoms with Crippen LogP contribution >= 0.6 is 0 Å². The van der Waals surface area contributed by atoms with Crippen LogP contribution in [0.15, 0.2) is 18.2 Å².